The minimum Gasteiger partial charge on any atom is -0.385 e. The maximum absolute atomic E-state index is 11.4. The molecule has 0 fully saturated rings. The summed E-state index contributed by atoms with van der Waals surface area (Å²) in [6.45, 7) is 1.59. The quantitative estimate of drug-likeness (QED) is 0.584. The van der Waals surface area contributed by atoms with Gasteiger partial charge in [0.05, 0.1) is 10.4 Å². The van der Waals surface area contributed by atoms with Crippen LogP contribution < -0.4 is 0 Å². The Balaban J connectivity index is 2.28. The number of ether oxygens (including phenoxy) is 1. The van der Waals surface area contributed by atoms with Gasteiger partial charge in [0.15, 0.2) is 7.11 Å². The van der Waals surface area contributed by atoms with Gasteiger partial charge in [0, 0.05) is 44.0 Å². The maximum Gasteiger partial charge on any atom is 0.318 e. The van der Waals surface area contributed by atoms with Gasteiger partial charge in [-0.2, -0.15) is 0 Å². The molecule has 0 aliphatic carbocycles. The van der Waals surface area contributed by atoms with Crippen LogP contribution in [0.5, 0.6) is 0 Å². The summed E-state index contributed by atoms with van der Waals surface area (Å²) in [4.78, 5) is 16.6. The molecule has 0 N–H and O–H groups in total. The summed E-state index contributed by atoms with van der Waals surface area (Å²) in [5.41, 5.74) is 1.53. The van der Waals surface area contributed by atoms with Crippen LogP contribution in [0.2, 0.25) is 0 Å². The normalized spacial score (nSPS) is 10.8. The predicted molar refractivity (Wildman–Crippen MR) is 68.7 cm³/mol. The van der Waals surface area contributed by atoms with E-state index in [4.69, 9.17) is 4.74 Å². The third kappa shape index (κ3) is 2.51. The minimum atomic E-state index is 0.497. The van der Waals surface area contributed by atoms with Gasteiger partial charge in [0.25, 0.3) is 4.92 Å². The molecule has 96 valence electrons. The molecular weight excluding hydrogens is 232 g/mol. The van der Waals surface area contributed by atoms with Crippen molar-refractivity contribution in [2.24, 2.45) is 0 Å². The molecular formula is C13H17N2O3+. The van der Waals surface area contributed by atoms with E-state index >= 15 is 0 Å². The van der Waals surface area contributed by atoms with Crippen LogP contribution in [-0.4, -0.2) is 30.3 Å². The Bertz CT molecular complexity index is 548. The van der Waals surface area contributed by atoms with Gasteiger partial charge in [-0.1, -0.05) is 0 Å². The number of aromatic nitrogens is 1. The number of fused-ring (bicyclic) bond motifs is 1. The summed E-state index contributed by atoms with van der Waals surface area (Å²) >= 11 is 0. The van der Waals surface area contributed by atoms with E-state index in [2.05, 4.69) is 9.40 Å². The molecule has 0 spiro atoms. The molecule has 2 rings (SSSR count). The van der Waals surface area contributed by atoms with Crippen LogP contribution >= 0.6 is 0 Å². The Hall–Kier alpha value is -1.88. The number of rotatable bonds is 6. The first-order valence-electron chi connectivity index (χ1n) is 5.85. The van der Waals surface area contributed by atoms with Crippen molar-refractivity contribution in [1.29, 1.82) is 0 Å². The van der Waals surface area contributed by atoms with E-state index in [-0.39, 0.29) is 0 Å². The zero-order valence-corrected chi connectivity index (χ0v) is 10.6. The first-order chi connectivity index (χ1) is 8.76. The Morgan fingerprint density at radius 1 is 1.28 bits per heavy atom. The molecule has 0 saturated carbocycles. The molecule has 2 aromatic rings. The van der Waals surface area contributed by atoms with Gasteiger partial charge >= 0.3 is 5.69 Å². The van der Waals surface area contributed by atoms with E-state index in [1.54, 1.807) is 13.2 Å². The molecule has 0 bridgehead atoms. The molecule has 0 amide bonds. The Morgan fingerprint density at radius 3 is 2.83 bits per heavy atom. The van der Waals surface area contributed by atoms with E-state index in [9.17, 15) is 4.91 Å². The van der Waals surface area contributed by atoms with Gasteiger partial charge in [0.1, 0.15) is 0 Å². The molecule has 0 saturated heterocycles. The lowest BCUT2D eigenvalue weighted by molar-refractivity contribution is -0.736. The van der Waals surface area contributed by atoms with Gasteiger partial charge in [-0.25, -0.2) is 4.84 Å². The first-order valence-corrected chi connectivity index (χ1v) is 5.85. The standard InChI is InChI=1S/C13H17N2O3/c1-17-9-3-7-14-8-6-11-4-5-12(10-13(11)14)15(16)18-2/h4-6,8,10H,3,7,9H2,1-2H3/q+1. The molecule has 18 heavy (non-hydrogen) atoms. The minimum absolute atomic E-state index is 0.497. The lowest BCUT2D eigenvalue weighted by Gasteiger charge is -2.04. The summed E-state index contributed by atoms with van der Waals surface area (Å²) in [6, 6.07) is 7.53. The highest BCUT2D eigenvalue weighted by Gasteiger charge is 2.15. The van der Waals surface area contributed by atoms with Crippen LogP contribution in [0, 0.1) is 4.91 Å². The van der Waals surface area contributed by atoms with Gasteiger partial charge < -0.3 is 9.30 Å². The topological polar surface area (TPSA) is 43.5 Å². The fraction of sp³-hybridized carbons (Fsp3) is 0.385. The van der Waals surface area contributed by atoms with Crippen molar-refractivity contribution in [3.8, 4) is 0 Å². The predicted octanol–water partition coefficient (Wildman–Crippen LogP) is 2.65. The summed E-state index contributed by atoms with van der Waals surface area (Å²) in [5, 5.41) is 1.11. The van der Waals surface area contributed by atoms with Crippen LogP contribution in [0.4, 0.5) is 5.69 Å². The number of benzene rings is 1. The van der Waals surface area contributed by atoms with Gasteiger partial charge in [-0.15, -0.1) is 0 Å². The van der Waals surface area contributed by atoms with E-state index in [1.165, 1.54) is 7.11 Å². The molecule has 1 heterocycles. The highest BCUT2D eigenvalue weighted by atomic mass is 16.8. The van der Waals surface area contributed by atoms with Crippen molar-refractivity contribution in [3.05, 3.63) is 35.4 Å². The number of nitrogens with zero attached hydrogens (tertiary/aromatic N) is 2. The summed E-state index contributed by atoms with van der Waals surface area (Å²) < 4.78 is 7.15. The first kappa shape index (κ1) is 12.6. The largest absolute Gasteiger partial charge is 0.385 e. The van der Waals surface area contributed by atoms with Crippen molar-refractivity contribution >= 4 is 16.6 Å². The monoisotopic (exact) mass is 249 g/mol. The van der Waals surface area contributed by atoms with Crippen LogP contribution in [0.3, 0.4) is 0 Å². The van der Waals surface area contributed by atoms with Crippen molar-refractivity contribution in [1.82, 2.24) is 4.57 Å². The third-order valence-electron chi connectivity index (χ3n) is 2.88. The second kappa shape index (κ2) is 5.64. The van der Waals surface area contributed by atoms with Crippen LogP contribution in [-0.2, 0) is 16.1 Å². The van der Waals surface area contributed by atoms with E-state index in [0.717, 1.165) is 30.5 Å². The summed E-state index contributed by atoms with van der Waals surface area (Å²) in [5.74, 6) is 0. The van der Waals surface area contributed by atoms with Gasteiger partial charge in [-0.3, -0.25) is 0 Å². The second-order valence-corrected chi connectivity index (χ2v) is 4.04. The summed E-state index contributed by atoms with van der Waals surface area (Å²) in [7, 11) is 3.05. The highest BCUT2D eigenvalue weighted by molar-refractivity contribution is 5.82. The number of aryl methyl sites for hydroxylation is 1. The SMILES string of the molecule is COCCCn1ccc2ccc([N+](=O)OC)cc21. The number of methoxy groups -OCH3 is 1. The zero-order valence-electron chi connectivity index (χ0n) is 10.6. The molecule has 1 aromatic heterocycles. The van der Waals surface area contributed by atoms with Crippen molar-refractivity contribution in [3.63, 3.8) is 0 Å². The lowest BCUT2D eigenvalue weighted by atomic mass is 10.2. The number of hydrogen-bond donors (Lipinski definition) is 0. The van der Waals surface area contributed by atoms with Crippen LogP contribution in [0.15, 0.2) is 30.5 Å². The fourth-order valence-electron chi connectivity index (χ4n) is 1.97. The Morgan fingerprint density at radius 2 is 2.11 bits per heavy atom. The molecule has 5 heteroatoms. The van der Waals surface area contributed by atoms with Crippen molar-refractivity contribution in [2.45, 2.75) is 13.0 Å². The molecule has 0 aliphatic heterocycles. The van der Waals surface area contributed by atoms with Crippen LogP contribution in [0.1, 0.15) is 6.42 Å². The molecule has 1 aromatic carbocycles. The highest BCUT2D eigenvalue weighted by Crippen LogP contribution is 2.22. The van der Waals surface area contributed by atoms with E-state index < -0.39 is 0 Å². The Labute approximate surface area is 105 Å². The average molecular weight is 249 g/mol. The Kier molecular flexibility index (Phi) is 3.94. The van der Waals surface area contributed by atoms with Crippen molar-refractivity contribution in [2.75, 3.05) is 20.8 Å². The van der Waals surface area contributed by atoms with Gasteiger partial charge in [-0.05, 0) is 18.6 Å². The summed E-state index contributed by atoms with van der Waals surface area (Å²) in [6.07, 6.45) is 2.96. The van der Waals surface area contributed by atoms with E-state index in [1.807, 2.05) is 24.4 Å². The van der Waals surface area contributed by atoms with Crippen molar-refractivity contribution < 1.29 is 14.5 Å². The number of hydrogen-bond acceptors (Lipinski definition) is 3. The average Bonchev–Trinajstić information content (AvgIpc) is 2.81. The third-order valence-corrected chi connectivity index (χ3v) is 2.88. The van der Waals surface area contributed by atoms with Gasteiger partial charge in [0.2, 0.25) is 0 Å². The smallest absolute Gasteiger partial charge is 0.318 e. The maximum atomic E-state index is 11.4. The fourth-order valence-corrected chi connectivity index (χ4v) is 1.97. The van der Waals surface area contributed by atoms with Crippen LogP contribution in [0.25, 0.3) is 10.9 Å². The molecule has 5 nitrogen and oxygen atoms in total. The molecule has 0 unspecified atom stereocenters. The van der Waals surface area contributed by atoms with E-state index in [0.29, 0.717) is 10.6 Å². The molecule has 0 atom stereocenters. The lowest BCUT2D eigenvalue weighted by Crippen LogP contribution is -2.01. The molecule has 0 aliphatic rings. The molecule has 0 radical (unpaired) electrons. The second-order valence-electron chi connectivity index (χ2n) is 4.04. The zero-order chi connectivity index (χ0) is 13.0.